The van der Waals surface area contributed by atoms with E-state index in [1.165, 1.54) is 0 Å². The summed E-state index contributed by atoms with van der Waals surface area (Å²) in [5, 5.41) is 0. The minimum absolute atomic E-state index is 0.0253. The first-order chi connectivity index (χ1) is 12.2. The van der Waals surface area contributed by atoms with Crippen LogP contribution in [0.15, 0.2) is 42.6 Å². The van der Waals surface area contributed by atoms with Crippen LogP contribution in [0.3, 0.4) is 0 Å². The fourth-order valence-corrected chi connectivity index (χ4v) is 3.68. The number of carbonyl (C=O) groups excluding carboxylic acids is 1. The number of carbonyl (C=O) groups is 1. The molecule has 0 spiro atoms. The fraction of sp³-hybridized carbons (Fsp3) is 0.421. The number of pyridine rings is 2. The highest BCUT2D eigenvalue weighted by atomic mass is 16.5. The van der Waals surface area contributed by atoms with Crippen LogP contribution in [0.5, 0.6) is 5.88 Å². The summed E-state index contributed by atoms with van der Waals surface area (Å²) in [4.78, 5) is 23.4. The lowest BCUT2D eigenvalue weighted by Gasteiger charge is -2.38. The van der Waals surface area contributed by atoms with Gasteiger partial charge in [-0.3, -0.25) is 4.79 Å². The summed E-state index contributed by atoms with van der Waals surface area (Å²) in [7, 11) is 0. The SMILES string of the molecule is Cc1cccc(C(=O)N2CCO[C@H]3[C@H]2CC[C@H]3Oc2ccccn2)n1. The van der Waals surface area contributed by atoms with Crippen molar-refractivity contribution in [1.82, 2.24) is 14.9 Å². The number of aromatic nitrogens is 2. The molecule has 3 heterocycles. The topological polar surface area (TPSA) is 64.6 Å². The van der Waals surface area contributed by atoms with Gasteiger partial charge in [-0.15, -0.1) is 0 Å². The maximum Gasteiger partial charge on any atom is 0.272 e. The van der Waals surface area contributed by atoms with E-state index < -0.39 is 0 Å². The fourth-order valence-electron chi connectivity index (χ4n) is 3.68. The molecule has 1 aliphatic carbocycles. The molecule has 0 radical (unpaired) electrons. The summed E-state index contributed by atoms with van der Waals surface area (Å²) in [5.74, 6) is 0.570. The summed E-state index contributed by atoms with van der Waals surface area (Å²) in [6.45, 7) is 3.00. The summed E-state index contributed by atoms with van der Waals surface area (Å²) >= 11 is 0. The molecule has 6 nitrogen and oxygen atoms in total. The van der Waals surface area contributed by atoms with Crippen LogP contribution in [0.4, 0.5) is 0 Å². The normalized spacial score (nSPS) is 25.5. The molecule has 3 atom stereocenters. The second-order valence-corrected chi connectivity index (χ2v) is 6.47. The van der Waals surface area contributed by atoms with Crippen LogP contribution < -0.4 is 4.74 Å². The van der Waals surface area contributed by atoms with Gasteiger partial charge in [0.15, 0.2) is 0 Å². The van der Waals surface area contributed by atoms with E-state index >= 15 is 0 Å². The maximum absolute atomic E-state index is 12.9. The molecule has 2 fully saturated rings. The van der Waals surface area contributed by atoms with E-state index in [1.54, 1.807) is 12.3 Å². The summed E-state index contributed by atoms with van der Waals surface area (Å²) in [6, 6.07) is 11.2. The zero-order valence-electron chi connectivity index (χ0n) is 14.2. The minimum atomic E-state index is -0.121. The Balaban J connectivity index is 1.50. The molecule has 2 aromatic heterocycles. The molecule has 130 valence electrons. The van der Waals surface area contributed by atoms with Crippen molar-refractivity contribution in [2.24, 2.45) is 0 Å². The number of hydrogen-bond acceptors (Lipinski definition) is 5. The Hall–Kier alpha value is -2.47. The van der Waals surface area contributed by atoms with Crippen molar-refractivity contribution in [2.45, 2.75) is 38.0 Å². The lowest BCUT2D eigenvalue weighted by Crippen LogP contribution is -2.54. The van der Waals surface area contributed by atoms with Crippen molar-refractivity contribution in [3.8, 4) is 5.88 Å². The van der Waals surface area contributed by atoms with Gasteiger partial charge in [-0.05, 0) is 38.0 Å². The van der Waals surface area contributed by atoms with Crippen LogP contribution in [0.25, 0.3) is 0 Å². The van der Waals surface area contributed by atoms with Crippen LogP contribution in [0.1, 0.15) is 29.0 Å². The first-order valence-electron chi connectivity index (χ1n) is 8.66. The number of rotatable bonds is 3. The lowest BCUT2D eigenvalue weighted by molar-refractivity contribution is -0.0794. The molecule has 0 N–H and O–H groups in total. The summed E-state index contributed by atoms with van der Waals surface area (Å²) in [6.07, 6.45) is 3.21. The average Bonchev–Trinajstić information content (AvgIpc) is 3.05. The Kier molecular flexibility index (Phi) is 4.36. The van der Waals surface area contributed by atoms with Gasteiger partial charge >= 0.3 is 0 Å². The molecule has 1 aliphatic heterocycles. The van der Waals surface area contributed by atoms with E-state index in [-0.39, 0.29) is 24.2 Å². The van der Waals surface area contributed by atoms with Gasteiger partial charge in [0.2, 0.25) is 5.88 Å². The van der Waals surface area contributed by atoms with Gasteiger partial charge in [-0.1, -0.05) is 12.1 Å². The van der Waals surface area contributed by atoms with Crippen LogP contribution in [-0.2, 0) is 4.74 Å². The third kappa shape index (κ3) is 3.22. The smallest absolute Gasteiger partial charge is 0.272 e. The number of amides is 1. The highest BCUT2D eigenvalue weighted by Gasteiger charge is 2.46. The summed E-state index contributed by atoms with van der Waals surface area (Å²) in [5.41, 5.74) is 1.34. The van der Waals surface area contributed by atoms with Crippen LogP contribution in [-0.4, -0.2) is 52.2 Å². The van der Waals surface area contributed by atoms with E-state index in [9.17, 15) is 4.79 Å². The molecule has 0 bridgehead atoms. The highest BCUT2D eigenvalue weighted by molar-refractivity contribution is 5.92. The third-order valence-corrected chi connectivity index (χ3v) is 4.81. The second kappa shape index (κ2) is 6.80. The van der Waals surface area contributed by atoms with Gasteiger partial charge in [-0.2, -0.15) is 0 Å². The number of ether oxygens (including phenoxy) is 2. The van der Waals surface area contributed by atoms with E-state index in [4.69, 9.17) is 9.47 Å². The van der Waals surface area contributed by atoms with Gasteiger partial charge < -0.3 is 14.4 Å². The lowest BCUT2D eigenvalue weighted by atomic mass is 10.1. The molecule has 1 saturated carbocycles. The first kappa shape index (κ1) is 16.0. The Morgan fingerprint density at radius 1 is 1.24 bits per heavy atom. The van der Waals surface area contributed by atoms with Crippen LogP contribution in [0.2, 0.25) is 0 Å². The van der Waals surface area contributed by atoms with Crippen molar-refractivity contribution < 1.29 is 14.3 Å². The molecular weight excluding hydrogens is 318 g/mol. The van der Waals surface area contributed by atoms with Crippen molar-refractivity contribution in [1.29, 1.82) is 0 Å². The Morgan fingerprint density at radius 3 is 2.96 bits per heavy atom. The molecule has 1 saturated heterocycles. The standard InChI is InChI=1S/C19H21N3O3/c1-13-5-4-6-14(21-13)19(23)22-11-12-24-18-15(22)8-9-16(18)25-17-7-2-3-10-20-17/h2-7,10,15-16,18H,8-9,11-12H2,1H3/t15-,16-,18+/m1/s1. The molecule has 2 aromatic rings. The predicted octanol–water partition coefficient (Wildman–Crippen LogP) is 2.24. The predicted molar refractivity (Wildman–Crippen MR) is 91.4 cm³/mol. The molecule has 1 amide bonds. The molecule has 25 heavy (non-hydrogen) atoms. The number of aryl methyl sites for hydroxylation is 1. The Morgan fingerprint density at radius 2 is 2.16 bits per heavy atom. The van der Waals surface area contributed by atoms with Gasteiger partial charge in [-0.25, -0.2) is 9.97 Å². The van der Waals surface area contributed by atoms with Gasteiger partial charge in [0.25, 0.3) is 5.91 Å². The van der Waals surface area contributed by atoms with E-state index in [1.807, 2.05) is 42.2 Å². The molecule has 0 unspecified atom stereocenters. The quantitative estimate of drug-likeness (QED) is 0.858. The van der Waals surface area contributed by atoms with Crippen molar-refractivity contribution in [3.05, 3.63) is 54.0 Å². The average molecular weight is 339 g/mol. The maximum atomic E-state index is 12.9. The number of morpholine rings is 1. The largest absolute Gasteiger partial charge is 0.471 e. The van der Waals surface area contributed by atoms with E-state index in [0.29, 0.717) is 24.7 Å². The van der Waals surface area contributed by atoms with E-state index in [2.05, 4.69) is 9.97 Å². The molecule has 2 aliphatic rings. The molecular formula is C19H21N3O3. The van der Waals surface area contributed by atoms with Gasteiger partial charge in [0.1, 0.15) is 17.9 Å². The number of fused-ring (bicyclic) bond motifs is 1. The number of nitrogens with zero attached hydrogens (tertiary/aromatic N) is 3. The first-order valence-corrected chi connectivity index (χ1v) is 8.66. The van der Waals surface area contributed by atoms with Gasteiger partial charge in [0, 0.05) is 24.5 Å². The van der Waals surface area contributed by atoms with Crippen LogP contribution in [0, 0.1) is 6.92 Å². The van der Waals surface area contributed by atoms with Gasteiger partial charge in [0.05, 0.1) is 12.6 Å². The second-order valence-electron chi connectivity index (χ2n) is 6.47. The van der Waals surface area contributed by atoms with Crippen molar-refractivity contribution >= 4 is 5.91 Å². The van der Waals surface area contributed by atoms with Crippen molar-refractivity contribution in [3.63, 3.8) is 0 Å². The number of hydrogen-bond donors (Lipinski definition) is 0. The van der Waals surface area contributed by atoms with Crippen LogP contribution >= 0.6 is 0 Å². The van der Waals surface area contributed by atoms with E-state index in [0.717, 1.165) is 18.5 Å². The third-order valence-electron chi connectivity index (χ3n) is 4.81. The minimum Gasteiger partial charge on any atom is -0.471 e. The summed E-state index contributed by atoms with van der Waals surface area (Å²) < 4.78 is 12.0. The van der Waals surface area contributed by atoms with Crippen molar-refractivity contribution in [2.75, 3.05) is 13.2 Å². The molecule has 4 rings (SSSR count). The molecule has 0 aromatic carbocycles. The monoisotopic (exact) mass is 339 g/mol. The Labute approximate surface area is 146 Å². The zero-order chi connectivity index (χ0) is 17.2. The zero-order valence-corrected chi connectivity index (χ0v) is 14.2. The molecule has 6 heteroatoms. The Bertz CT molecular complexity index is 753. The highest BCUT2D eigenvalue weighted by Crippen LogP contribution is 2.33.